The highest BCUT2D eigenvalue weighted by molar-refractivity contribution is 7.20. The van der Waals surface area contributed by atoms with E-state index in [-0.39, 0.29) is 0 Å². The lowest BCUT2D eigenvalue weighted by molar-refractivity contribution is 0.112. The molecule has 2 heterocycles. The molecule has 5 heteroatoms. The van der Waals surface area contributed by atoms with Crippen molar-refractivity contribution >= 4 is 51.7 Å². The van der Waals surface area contributed by atoms with Gasteiger partial charge in [0.05, 0.1) is 10.0 Å². The van der Waals surface area contributed by atoms with E-state index in [9.17, 15) is 4.79 Å². The zero-order valence-electron chi connectivity index (χ0n) is 12.2. The van der Waals surface area contributed by atoms with Crippen LogP contribution in [0.2, 0.25) is 8.67 Å². The quantitative estimate of drug-likeness (QED) is 0.532. The molecule has 2 nitrogen and oxygen atoms in total. The average Bonchev–Trinajstić information content (AvgIpc) is 3.04. The highest BCUT2D eigenvalue weighted by Crippen LogP contribution is 2.41. The standard InChI is InChI=1S/C17H15Cl2NOS/c1-3-9(2)10-4-5-14-11(6-10)13(8-21)16(20-14)12-7-15(18)22-17(12)19/h4-9,20H,3H2,1-2H3. The summed E-state index contributed by atoms with van der Waals surface area (Å²) in [6, 6.07) is 8.01. The van der Waals surface area contributed by atoms with Crippen molar-refractivity contribution in [3.63, 3.8) is 0 Å². The SMILES string of the molecule is CCC(C)c1ccc2[nH]c(-c3cc(Cl)sc3Cl)c(C=O)c2c1. The number of halogens is 2. The van der Waals surface area contributed by atoms with E-state index in [1.807, 2.05) is 6.07 Å². The van der Waals surface area contributed by atoms with Gasteiger partial charge in [-0.15, -0.1) is 11.3 Å². The molecule has 0 fully saturated rings. The minimum Gasteiger partial charge on any atom is -0.354 e. The number of aldehydes is 1. The smallest absolute Gasteiger partial charge is 0.152 e. The van der Waals surface area contributed by atoms with Crippen molar-refractivity contribution in [3.8, 4) is 11.3 Å². The second-order valence-corrected chi connectivity index (χ2v) is 7.67. The van der Waals surface area contributed by atoms with Crippen LogP contribution in [0.3, 0.4) is 0 Å². The van der Waals surface area contributed by atoms with Crippen LogP contribution < -0.4 is 0 Å². The van der Waals surface area contributed by atoms with Gasteiger partial charge in [0.2, 0.25) is 0 Å². The van der Waals surface area contributed by atoms with Crippen LogP contribution in [0.15, 0.2) is 24.3 Å². The number of carbonyl (C=O) groups is 1. The summed E-state index contributed by atoms with van der Waals surface area (Å²) in [6.07, 6.45) is 1.95. The maximum Gasteiger partial charge on any atom is 0.152 e. The monoisotopic (exact) mass is 351 g/mol. The van der Waals surface area contributed by atoms with Gasteiger partial charge in [0, 0.05) is 22.0 Å². The summed E-state index contributed by atoms with van der Waals surface area (Å²) in [5.74, 6) is 0.460. The largest absolute Gasteiger partial charge is 0.354 e. The Morgan fingerprint density at radius 2 is 2.09 bits per heavy atom. The van der Waals surface area contributed by atoms with Crippen molar-refractivity contribution in [1.82, 2.24) is 4.98 Å². The highest BCUT2D eigenvalue weighted by atomic mass is 35.5. The number of fused-ring (bicyclic) bond motifs is 1. The minimum absolute atomic E-state index is 0.460. The first-order valence-corrected chi connectivity index (χ1v) is 8.68. The van der Waals surface area contributed by atoms with Crippen LogP contribution in [0.4, 0.5) is 0 Å². The Balaban J connectivity index is 2.24. The number of nitrogens with one attached hydrogen (secondary N) is 1. The molecule has 3 rings (SSSR count). The molecule has 1 unspecified atom stereocenters. The average molecular weight is 352 g/mol. The Labute approximate surface area is 143 Å². The van der Waals surface area contributed by atoms with Crippen LogP contribution >= 0.6 is 34.5 Å². The molecule has 0 radical (unpaired) electrons. The minimum atomic E-state index is 0.460. The lowest BCUT2D eigenvalue weighted by Crippen LogP contribution is -1.90. The molecule has 0 spiro atoms. The van der Waals surface area contributed by atoms with Gasteiger partial charge in [-0.25, -0.2) is 0 Å². The molecule has 0 saturated heterocycles. The first-order chi connectivity index (χ1) is 10.5. The number of thiophene rings is 1. The molecule has 0 aliphatic carbocycles. The Kier molecular flexibility index (Phi) is 4.31. The molecule has 0 aliphatic heterocycles. The lowest BCUT2D eigenvalue weighted by atomic mass is 9.96. The summed E-state index contributed by atoms with van der Waals surface area (Å²) < 4.78 is 1.19. The molecule has 0 amide bonds. The van der Waals surface area contributed by atoms with Crippen molar-refractivity contribution in [2.45, 2.75) is 26.2 Å². The van der Waals surface area contributed by atoms with Crippen LogP contribution in [0.1, 0.15) is 42.1 Å². The van der Waals surface area contributed by atoms with E-state index in [0.29, 0.717) is 20.2 Å². The fourth-order valence-electron chi connectivity index (χ4n) is 2.62. The van der Waals surface area contributed by atoms with Gasteiger partial charge in [-0.1, -0.05) is 43.1 Å². The second kappa shape index (κ2) is 6.07. The molecular formula is C17H15Cl2NOS. The summed E-state index contributed by atoms with van der Waals surface area (Å²) in [5.41, 5.74) is 4.32. The molecular weight excluding hydrogens is 337 g/mol. The van der Waals surface area contributed by atoms with Crippen LogP contribution in [0.5, 0.6) is 0 Å². The topological polar surface area (TPSA) is 32.9 Å². The fraction of sp³-hybridized carbons (Fsp3) is 0.235. The number of aromatic amines is 1. The van der Waals surface area contributed by atoms with Gasteiger partial charge in [0.15, 0.2) is 6.29 Å². The van der Waals surface area contributed by atoms with Crippen LogP contribution in [-0.2, 0) is 0 Å². The summed E-state index contributed by atoms with van der Waals surface area (Å²) in [7, 11) is 0. The molecule has 0 aliphatic rings. The first-order valence-electron chi connectivity index (χ1n) is 7.11. The maximum atomic E-state index is 11.7. The number of rotatable bonds is 4. The molecule has 1 N–H and O–H groups in total. The van der Waals surface area contributed by atoms with E-state index in [0.717, 1.165) is 34.9 Å². The van der Waals surface area contributed by atoms with E-state index < -0.39 is 0 Å². The summed E-state index contributed by atoms with van der Waals surface area (Å²) in [6.45, 7) is 4.34. The van der Waals surface area contributed by atoms with Gasteiger partial charge in [-0.05, 0) is 36.1 Å². The van der Waals surface area contributed by atoms with E-state index in [2.05, 4.69) is 31.0 Å². The Bertz CT molecular complexity index is 850. The number of aromatic nitrogens is 1. The van der Waals surface area contributed by atoms with E-state index in [1.165, 1.54) is 16.9 Å². The summed E-state index contributed by atoms with van der Waals surface area (Å²) in [4.78, 5) is 15.0. The van der Waals surface area contributed by atoms with Gasteiger partial charge in [-0.2, -0.15) is 0 Å². The lowest BCUT2D eigenvalue weighted by Gasteiger charge is -2.08. The molecule has 1 aromatic carbocycles. The van der Waals surface area contributed by atoms with Crippen LogP contribution in [-0.4, -0.2) is 11.3 Å². The molecule has 0 saturated carbocycles. The zero-order chi connectivity index (χ0) is 15.9. The number of hydrogen-bond acceptors (Lipinski definition) is 2. The van der Waals surface area contributed by atoms with Crippen molar-refractivity contribution in [2.24, 2.45) is 0 Å². The predicted molar refractivity (Wildman–Crippen MR) is 95.7 cm³/mol. The van der Waals surface area contributed by atoms with Crippen molar-refractivity contribution < 1.29 is 4.79 Å². The van der Waals surface area contributed by atoms with Gasteiger partial charge < -0.3 is 4.98 Å². The Hall–Kier alpha value is -1.29. The van der Waals surface area contributed by atoms with Gasteiger partial charge >= 0.3 is 0 Å². The normalized spacial score (nSPS) is 12.7. The second-order valence-electron chi connectivity index (χ2n) is 5.38. The van der Waals surface area contributed by atoms with Crippen molar-refractivity contribution in [1.29, 1.82) is 0 Å². The third-order valence-electron chi connectivity index (χ3n) is 4.09. The number of hydrogen-bond donors (Lipinski definition) is 1. The third-order valence-corrected chi connectivity index (χ3v) is 5.58. The predicted octanol–water partition coefficient (Wildman–Crippen LogP) is 6.53. The van der Waals surface area contributed by atoms with Crippen LogP contribution in [0.25, 0.3) is 22.2 Å². The zero-order valence-corrected chi connectivity index (χ0v) is 14.6. The molecule has 0 bridgehead atoms. The van der Waals surface area contributed by atoms with Gasteiger partial charge in [0.1, 0.15) is 4.34 Å². The number of H-pyrrole nitrogens is 1. The van der Waals surface area contributed by atoms with Gasteiger partial charge in [0.25, 0.3) is 0 Å². The molecule has 3 aromatic rings. The van der Waals surface area contributed by atoms with E-state index in [4.69, 9.17) is 23.2 Å². The first kappa shape index (κ1) is 15.6. The van der Waals surface area contributed by atoms with Gasteiger partial charge in [-0.3, -0.25) is 4.79 Å². The fourth-order valence-corrected chi connectivity index (χ4v) is 4.09. The number of benzene rings is 1. The Morgan fingerprint density at radius 1 is 1.32 bits per heavy atom. The molecule has 22 heavy (non-hydrogen) atoms. The van der Waals surface area contributed by atoms with E-state index in [1.54, 1.807) is 6.07 Å². The molecule has 1 atom stereocenters. The third kappa shape index (κ3) is 2.58. The van der Waals surface area contributed by atoms with Crippen molar-refractivity contribution in [3.05, 3.63) is 44.1 Å². The number of carbonyl (C=O) groups excluding carboxylic acids is 1. The van der Waals surface area contributed by atoms with Crippen LogP contribution in [0, 0.1) is 0 Å². The van der Waals surface area contributed by atoms with Crippen molar-refractivity contribution in [2.75, 3.05) is 0 Å². The molecule has 114 valence electrons. The maximum absolute atomic E-state index is 11.7. The summed E-state index contributed by atoms with van der Waals surface area (Å²) >= 11 is 13.6. The summed E-state index contributed by atoms with van der Waals surface area (Å²) in [5, 5.41) is 0.932. The Morgan fingerprint density at radius 3 is 2.68 bits per heavy atom. The van der Waals surface area contributed by atoms with E-state index >= 15 is 0 Å². The highest BCUT2D eigenvalue weighted by Gasteiger charge is 2.18. The molecule has 2 aromatic heterocycles.